The second-order valence-corrected chi connectivity index (χ2v) is 7.86. The molecule has 0 saturated carbocycles. The Kier molecular flexibility index (Phi) is 5.23. The molecule has 2 aromatic heterocycles. The summed E-state index contributed by atoms with van der Waals surface area (Å²) in [5.41, 5.74) is 0.801. The summed E-state index contributed by atoms with van der Waals surface area (Å²) in [5, 5.41) is 5.80. The lowest BCUT2D eigenvalue weighted by atomic mass is 9.74. The smallest absolute Gasteiger partial charge is 0.311 e. The minimum absolute atomic E-state index is 0.140. The van der Waals surface area contributed by atoms with E-state index in [9.17, 15) is 4.79 Å². The van der Waals surface area contributed by atoms with Crippen LogP contribution in [0.5, 0.6) is 0 Å². The maximum absolute atomic E-state index is 12.1. The molecule has 4 heterocycles. The van der Waals surface area contributed by atoms with Gasteiger partial charge in [0.25, 0.3) is 0 Å². The van der Waals surface area contributed by atoms with Crippen molar-refractivity contribution in [2.24, 2.45) is 24.8 Å². The van der Waals surface area contributed by atoms with Crippen LogP contribution in [0.2, 0.25) is 5.02 Å². The number of hydrogen-bond donors (Lipinski definition) is 0. The zero-order valence-corrected chi connectivity index (χ0v) is 16.5. The molecule has 0 bridgehead atoms. The summed E-state index contributed by atoms with van der Waals surface area (Å²) < 4.78 is 12.3. The van der Waals surface area contributed by atoms with Gasteiger partial charge in [0.2, 0.25) is 0 Å². The summed E-state index contributed by atoms with van der Waals surface area (Å²) in [6.45, 7) is 3.02. The molecule has 7 nitrogen and oxygen atoms in total. The Labute approximate surface area is 163 Å². The molecule has 8 heteroatoms. The number of methoxy groups -OCH3 is 1. The van der Waals surface area contributed by atoms with E-state index in [1.165, 1.54) is 7.11 Å². The highest BCUT2D eigenvalue weighted by atomic mass is 35.5. The number of rotatable bonds is 3. The van der Waals surface area contributed by atoms with E-state index >= 15 is 0 Å². The molecule has 0 aliphatic carbocycles. The van der Waals surface area contributed by atoms with Gasteiger partial charge in [-0.1, -0.05) is 11.6 Å². The maximum Gasteiger partial charge on any atom is 0.311 e. The van der Waals surface area contributed by atoms with E-state index < -0.39 is 0 Å². The van der Waals surface area contributed by atoms with Crippen molar-refractivity contribution in [3.05, 3.63) is 17.3 Å². The first-order chi connectivity index (χ1) is 13.1. The summed E-state index contributed by atoms with van der Waals surface area (Å²) in [4.78, 5) is 19.2. The molecule has 27 heavy (non-hydrogen) atoms. The Balaban J connectivity index is 1.47. The second-order valence-electron chi connectivity index (χ2n) is 7.45. The van der Waals surface area contributed by atoms with E-state index in [0.717, 1.165) is 55.8 Å². The summed E-state index contributed by atoms with van der Waals surface area (Å²) in [6, 6.07) is 1.93. The highest BCUT2D eigenvalue weighted by Gasteiger charge is 2.38. The number of pyridine rings is 1. The minimum Gasteiger partial charge on any atom is -0.469 e. The van der Waals surface area contributed by atoms with Gasteiger partial charge in [0.15, 0.2) is 5.65 Å². The van der Waals surface area contributed by atoms with Crippen molar-refractivity contribution >= 4 is 34.4 Å². The topological polar surface area (TPSA) is 69.5 Å². The Morgan fingerprint density at radius 3 is 2.85 bits per heavy atom. The fourth-order valence-corrected chi connectivity index (χ4v) is 4.73. The highest BCUT2D eigenvalue weighted by molar-refractivity contribution is 6.35. The molecule has 0 radical (unpaired) electrons. The molecule has 0 amide bonds. The van der Waals surface area contributed by atoms with E-state index in [0.29, 0.717) is 23.5 Å². The SMILES string of the molecule is COC(=O)[C@@H]1COCC[C@@H]1C1CCN(c2cc(Cl)c3cnn(C)c3n2)CC1. The van der Waals surface area contributed by atoms with Gasteiger partial charge in [0.05, 0.1) is 36.2 Å². The molecule has 146 valence electrons. The van der Waals surface area contributed by atoms with E-state index in [1.807, 2.05) is 13.1 Å². The van der Waals surface area contributed by atoms with Crippen LogP contribution < -0.4 is 4.90 Å². The largest absolute Gasteiger partial charge is 0.469 e. The van der Waals surface area contributed by atoms with Gasteiger partial charge in [0, 0.05) is 32.8 Å². The number of anilines is 1. The molecular weight excluding hydrogens is 368 g/mol. The number of aromatic nitrogens is 3. The van der Waals surface area contributed by atoms with Gasteiger partial charge < -0.3 is 14.4 Å². The molecular formula is C19H25ClN4O3. The monoisotopic (exact) mass is 392 g/mol. The number of aryl methyl sites for hydroxylation is 1. The van der Waals surface area contributed by atoms with Crippen molar-refractivity contribution in [2.45, 2.75) is 19.3 Å². The van der Waals surface area contributed by atoms with Crippen LogP contribution in [0.25, 0.3) is 11.0 Å². The number of ether oxygens (including phenoxy) is 2. The van der Waals surface area contributed by atoms with Gasteiger partial charge in [-0.05, 0) is 31.1 Å². The normalized spacial score (nSPS) is 24.3. The number of halogens is 1. The van der Waals surface area contributed by atoms with Crippen LogP contribution in [0.1, 0.15) is 19.3 Å². The summed E-state index contributed by atoms with van der Waals surface area (Å²) in [7, 11) is 3.33. The number of carbonyl (C=O) groups excluding carboxylic acids is 1. The standard InChI is InChI=1S/C19H25ClN4O3/c1-23-18-14(10-21-23)16(20)9-17(22-18)24-6-3-12(4-7-24)13-5-8-27-11-15(13)19(25)26-2/h9-10,12-13,15H,3-8,11H2,1-2H3/t13-,15-/m1/s1. The molecule has 0 N–H and O–H groups in total. The Morgan fingerprint density at radius 2 is 2.11 bits per heavy atom. The molecule has 4 rings (SSSR count). The van der Waals surface area contributed by atoms with Crippen LogP contribution in [0.4, 0.5) is 5.82 Å². The third-order valence-electron chi connectivity index (χ3n) is 6.02. The first-order valence-corrected chi connectivity index (χ1v) is 9.85. The minimum atomic E-state index is -0.141. The maximum atomic E-state index is 12.1. The van der Waals surface area contributed by atoms with Crippen LogP contribution in [0.15, 0.2) is 12.3 Å². The van der Waals surface area contributed by atoms with E-state index in [-0.39, 0.29) is 11.9 Å². The number of carbonyl (C=O) groups is 1. The lowest BCUT2D eigenvalue weighted by Crippen LogP contribution is -2.43. The van der Waals surface area contributed by atoms with Gasteiger partial charge >= 0.3 is 5.97 Å². The lowest BCUT2D eigenvalue weighted by molar-refractivity contribution is -0.155. The molecule has 0 aromatic carbocycles. The van der Waals surface area contributed by atoms with Gasteiger partial charge in [-0.15, -0.1) is 0 Å². The molecule has 2 atom stereocenters. The van der Waals surface area contributed by atoms with Crippen LogP contribution in [0, 0.1) is 17.8 Å². The summed E-state index contributed by atoms with van der Waals surface area (Å²) in [6.07, 6.45) is 4.73. The summed E-state index contributed by atoms with van der Waals surface area (Å²) >= 11 is 6.43. The van der Waals surface area contributed by atoms with Gasteiger partial charge in [-0.25, -0.2) is 4.98 Å². The van der Waals surface area contributed by atoms with E-state index in [4.69, 9.17) is 26.1 Å². The molecule has 2 aliphatic rings. The Morgan fingerprint density at radius 1 is 1.33 bits per heavy atom. The Hall–Kier alpha value is -1.86. The van der Waals surface area contributed by atoms with Gasteiger partial charge in [-0.2, -0.15) is 5.10 Å². The zero-order valence-electron chi connectivity index (χ0n) is 15.7. The fraction of sp³-hybridized carbons (Fsp3) is 0.632. The number of piperidine rings is 1. The predicted molar refractivity (Wildman–Crippen MR) is 103 cm³/mol. The second kappa shape index (κ2) is 7.64. The van der Waals surface area contributed by atoms with Crippen molar-refractivity contribution < 1.29 is 14.3 Å². The first kappa shape index (κ1) is 18.5. The predicted octanol–water partition coefficient (Wildman–Crippen LogP) is 2.66. The average Bonchev–Trinajstić information content (AvgIpc) is 3.09. The van der Waals surface area contributed by atoms with Crippen LogP contribution in [-0.2, 0) is 21.3 Å². The number of nitrogens with zero attached hydrogens (tertiary/aromatic N) is 4. The van der Waals surface area contributed by atoms with Gasteiger partial charge in [0.1, 0.15) is 5.82 Å². The molecule has 0 spiro atoms. The lowest BCUT2D eigenvalue weighted by Gasteiger charge is -2.40. The van der Waals surface area contributed by atoms with Crippen LogP contribution in [-0.4, -0.2) is 54.1 Å². The van der Waals surface area contributed by atoms with Crippen molar-refractivity contribution in [3.63, 3.8) is 0 Å². The van der Waals surface area contributed by atoms with E-state index in [2.05, 4.69) is 10.00 Å². The number of fused-ring (bicyclic) bond motifs is 1. The molecule has 2 fully saturated rings. The van der Waals surface area contributed by atoms with Crippen molar-refractivity contribution in [2.75, 3.05) is 38.3 Å². The first-order valence-electron chi connectivity index (χ1n) is 9.47. The Bertz CT molecular complexity index is 832. The molecule has 2 saturated heterocycles. The quantitative estimate of drug-likeness (QED) is 0.748. The third kappa shape index (κ3) is 3.50. The fourth-order valence-electron chi connectivity index (χ4n) is 4.50. The van der Waals surface area contributed by atoms with Crippen molar-refractivity contribution in [3.8, 4) is 0 Å². The molecule has 2 aliphatic heterocycles. The molecule has 0 unspecified atom stereocenters. The summed E-state index contributed by atoms with van der Waals surface area (Å²) in [5.74, 6) is 1.46. The van der Waals surface area contributed by atoms with Gasteiger partial charge in [-0.3, -0.25) is 9.48 Å². The van der Waals surface area contributed by atoms with E-state index in [1.54, 1.807) is 10.9 Å². The third-order valence-corrected chi connectivity index (χ3v) is 6.34. The molecule has 2 aromatic rings. The van der Waals surface area contributed by atoms with Crippen LogP contribution in [0.3, 0.4) is 0 Å². The van der Waals surface area contributed by atoms with Crippen molar-refractivity contribution in [1.29, 1.82) is 0 Å². The van der Waals surface area contributed by atoms with Crippen molar-refractivity contribution in [1.82, 2.24) is 14.8 Å². The van der Waals surface area contributed by atoms with Crippen LogP contribution >= 0.6 is 11.6 Å². The number of esters is 1. The highest BCUT2D eigenvalue weighted by Crippen LogP contribution is 2.37. The average molecular weight is 393 g/mol. The number of hydrogen-bond acceptors (Lipinski definition) is 6. The zero-order chi connectivity index (χ0) is 19.0.